The molecular formula is C25H28F3N3O5S. The number of hydrogen-bond acceptors (Lipinski definition) is 6. The number of nitriles is 1. The number of amides is 1. The second-order valence-electron chi connectivity index (χ2n) is 9.99. The fourth-order valence-corrected chi connectivity index (χ4v) is 5.11. The molecule has 0 aliphatic carbocycles. The van der Waals surface area contributed by atoms with Gasteiger partial charge in [-0.2, -0.15) is 18.4 Å². The van der Waals surface area contributed by atoms with Crippen molar-refractivity contribution in [2.45, 2.75) is 63.8 Å². The number of fused-ring (bicyclic) bond motifs is 1. The number of nitrogens with zero attached hydrogens (tertiary/aromatic N) is 2. The number of nitrogens with one attached hydrogen (secondary N) is 1. The Labute approximate surface area is 214 Å². The molecule has 0 saturated carbocycles. The topological polar surface area (TPSA) is 109 Å². The molecule has 0 spiro atoms. The molecule has 3 rings (SSSR count). The minimum atomic E-state index is -4.79. The van der Waals surface area contributed by atoms with Gasteiger partial charge in [-0.3, -0.25) is 9.62 Å². The van der Waals surface area contributed by atoms with E-state index >= 15 is 0 Å². The van der Waals surface area contributed by atoms with E-state index in [1.807, 2.05) is 6.92 Å². The lowest BCUT2D eigenvalue weighted by Crippen LogP contribution is -2.45. The van der Waals surface area contributed by atoms with Crippen molar-refractivity contribution in [1.29, 1.82) is 5.26 Å². The quantitative estimate of drug-likeness (QED) is 0.499. The van der Waals surface area contributed by atoms with Crippen LogP contribution in [-0.4, -0.2) is 38.9 Å². The molecule has 1 N–H and O–H groups in total. The maximum atomic E-state index is 13.6. The van der Waals surface area contributed by atoms with Gasteiger partial charge in [-0.05, 0) is 65.0 Å². The molecule has 1 amide bonds. The van der Waals surface area contributed by atoms with Crippen LogP contribution in [0.2, 0.25) is 0 Å². The summed E-state index contributed by atoms with van der Waals surface area (Å²) < 4.78 is 78.2. The van der Waals surface area contributed by atoms with Crippen molar-refractivity contribution in [3.63, 3.8) is 0 Å². The van der Waals surface area contributed by atoms with Gasteiger partial charge in [-0.1, -0.05) is 17.7 Å². The van der Waals surface area contributed by atoms with Gasteiger partial charge >= 0.3 is 12.3 Å². The Morgan fingerprint density at radius 3 is 2.35 bits per heavy atom. The smallest absolute Gasteiger partial charge is 0.427 e. The van der Waals surface area contributed by atoms with E-state index in [9.17, 15) is 31.6 Å². The van der Waals surface area contributed by atoms with Gasteiger partial charge in [0.05, 0.1) is 28.6 Å². The Bertz CT molecular complexity index is 1320. The zero-order chi connectivity index (χ0) is 27.8. The Balaban J connectivity index is 1.98. The van der Waals surface area contributed by atoms with E-state index in [1.165, 1.54) is 30.3 Å². The summed E-state index contributed by atoms with van der Waals surface area (Å²) in [5.41, 5.74) is -2.58. The number of halogens is 3. The van der Waals surface area contributed by atoms with E-state index in [1.54, 1.807) is 26.0 Å². The molecule has 1 aliphatic heterocycles. The lowest BCUT2D eigenvalue weighted by molar-refractivity contribution is -0.242. The zero-order valence-corrected chi connectivity index (χ0v) is 21.8. The first-order valence-corrected chi connectivity index (χ1v) is 12.8. The molecule has 200 valence electrons. The molecule has 0 aromatic heterocycles. The minimum Gasteiger partial charge on any atom is -0.486 e. The fourth-order valence-electron chi connectivity index (χ4n) is 3.61. The van der Waals surface area contributed by atoms with E-state index in [0.717, 1.165) is 9.87 Å². The van der Waals surface area contributed by atoms with Gasteiger partial charge in [0.2, 0.25) is 5.60 Å². The van der Waals surface area contributed by atoms with Crippen LogP contribution in [0.5, 0.6) is 5.75 Å². The highest BCUT2D eigenvalue weighted by Crippen LogP contribution is 2.41. The zero-order valence-electron chi connectivity index (χ0n) is 21.0. The van der Waals surface area contributed by atoms with Crippen LogP contribution in [0.4, 0.5) is 29.3 Å². The summed E-state index contributed by atoms with van der Waals surface area (Å²) in [4.78, 5) is 12.2. The second kappa shape index (κ2) is 9.78. The maximum Gasteiger partial charge on any atom is 0.427 e. The fraction of sp³-hybridized carbons (Fsp3) is 0.440. The summed E-state index contributed by atoms with van der Waals surface area (Å²) in [5.74, 6) is 0.176. The Morgan fingerprint density at radius 1 is 1.16 bits per heavy atom. The maximum absolute atomic E-state index is 13.6. The molecule has 0 radical (unpaired) electrons. The van der Waals surface area contributed by atoms with Crippen LogP contribution in [0.1, 0.15) is 39.7 Å². The third-order valence-corrected chi connectivity index (χ3v) is 7.61. The molecule has 8 nitrogen and oxygen atoms in total. The number of anilines is 2. The second-order valence-corrected chi connectivity index (χ2v) is 11.9. The molecule has 1 atom stereocenters. The molecule has 37 heavy (non-hydrogen) atoms. The highest BCUT2D eigenvalue weighted by atomic mass is 32.2. The van der Waals surface area contributed by atoms with Crippen LogP contribution in [0.15, 0.2) is 47.4 Å². The number of alkyl halides is 3. The SMILES string of the molecule is Cc1ccc(S(=O)(=O)N2C[C@@H](CC(C)(C)C#N)Oc3ccc(NC(=O)OC(C)(C)C(F)(F)F)cc32)cc1. The number of ether oxygens (including phenoxy) is 2. The van der Waals surface area contributed by atoms with Gasteiger partial charge in [-0.25, -0.2) is 13.2 Å². The van der Waals surface area contributed by atoms with E-state index < -0.39 is 39.4 Å². The van der Waals surface area contributed by atoms with Crippen molar-refractivity contribution < 1.29 is 35.9 Å². The van der Waals surface area contributed by atoms with Crippen molar-refractivity contribution in [3.8, 4) is 11.8 Å². The molecule has 0 unspecified atom stereocenters. The van der Waals surface area contributed by atoms with Gasteiger partial charge < -0.3 is 9.47 Å². The van der Waals surface area contributed by atoms with Gasteiger partial charge in [-0.15, -0.1) is 0 Å². The largest absolute Gasteiger partial charge is 0.486 e. The van der Waals surface area contributed by atoms with E-state index in [4.69, 9.17) is 4.74 Å². The number of carbonyl (C=O) groups excluding carboxylic acids is 1. The molecule has 2 aromatic rings. The van der Waals surface area contributed by atoms with Crippen LogP contribution in [-0.2, 0) is 14.8 Å². The molecule has 12 heteroatoms. The predicted molar refractivity (Wildman–Crippen MR) is 131 cm³/mol. The van der Waals surface area contributed by atoms with Crippen molar-refractivity contribution in [1.82, 2.24) is 0 Å². The molecule has 0 fully saturated rings. The molecular weight excluding hydrogens is 511 g/mol. The van der Waals surface area contributed by atoms with Gasteiger partial charge in [0.15, 0.2) is 0 Å². The van der Waals surface area contributed by atoms with Crippen molar-refractivity contribution in [2.24, 2.45) is 5.41 Å². The molecule has 0 bridgehead atoms. The number of aryl methyl sites for hydroxylation is 1. The van der Waals surface area contributed by atoms with Crippen LogP contribution in [0, 0.1) is 23.7 Å². The summed E-state index contributed by atoms with van der Waals surface area (Å²) in [6.45, 7) is 6.55. The van der Waals surface area contributed by atoms with E-state index in [-0.39, 0.29) is 35.0 Å². The highest BCUT2D eigenvalue weighted by molar-refractivity contribution is 7.92. The summed E-state index contributed by atoms with van der Waals surface area (Å²) in [7, 11) is -4.10. The van der Waals surface area contributed by atoms with Crippen LogP contribution >= 0.6 is 0 Å². The Morgan fingerprint density at radius 2 is 1.78 bits per heavy atom. The van der Waals surface area contributed by atoms with Crippen molar-refractivity contribution in [3.05, 3.63) is 48.0 Å². The number of benzene rings is 2. The van der Waals surface area contributed by atoms with Crippen LogP contribution in [0.3, 0.4) is 0 Å². The monoisotopic (exact) mass is 539 g/mol. The van der Waals surface area contributed by atoms with E-state index in [2.05, 4.69) is 16.1 Å². The standard InChI is InChI=1S/C25H28F3N3O5S/c1-16-6-9-19(10-7-16)37(33,34)31-14-18(13-23(2,3)15-29)35-21-11-8-17(12-20(21)31)30-22(32)36-24(4,5)25(26,27)28/h6-12,18H,13-14H2,1-5H3,(H,30,32)/t18-/m1/s1. The molecule has 1 aliphatic rings. The third-order valence-electron chi connectivity index (χ3n) is 5.82. The summed E-state index contributed by atoms with van der Waals surface area (Å²) >= 11 is 0. The lowest BCUT2D eigenvalue weighted by atomic mass is 9.88. The Hall–Kier alpha value is -3.46. The van der Waals surface area contributed by atoms with Crippen molar-refractivity contribution in [2.75, 3.05) is 16.2 Å². The normalized spacial score (nSPS) is 16.3. The molecule has 0 saturated heterocycles. The van der Waals surface area contributed by atoms with Crippen LogP contribution < -0.4 is 14.4 Å². The highest BCUT2D eigenvalue weighted by Gasteiger charge is 2.51. The van der Waals surface area contributed by atoms with Crippen molar-refractivity contribution >= 4 is 27.5 Å². The lowest BCUT2D eigenvalue weighted by Gasteiger charge is -2.37. The van der Waals surface area contributed by atoms with Gasteiger partial charge in [0.25, 0.3) is 10.0 Å². The average Bonchev–Trinajstić information content (AvgIpc) is 2.77. The first kappa shape index (κ1) is 28.1. The number of rotatable bonds is 6. The summed E-state index contributed by atoms with van der Waals surface area (Å²) in [5, 5.41) is 11.7. The van der Waals surface area contributed by atoms with E-state index in [0.29, 0.717) is 13.8 Å². The van der Waals surface area contributed by atoms with Crippen LogP contribution in [0.25, 0.3) is 0 Å². The number of carbonyl (C=O) groups is 1. The summed E-state index contributed by atoms with van der Waals surface area (Å²) in [6.07, 6.45) is -6.57. The van der Waals surface area contributed by atoms with Gasteiger partial charge in [0, 0.05) is 12.1 Å². The van der Waals surface area contributed by atoms with Gasteiger partial charge in [0.1, 0.15) is 11.9 Å². The number of hydrogen-bond donors (Lipinski definition) is 1. The Kier molecular flexibility index (Phi) is 7.43. The first-order chi connectivity index (χ1) is 16.9. The third kappa shape index (κ3) is 6.28. The molecule has 1 heterocycles. The average molecular weight is 540 g/mol. The molecule has 2 aromatic carbocycles. The predicted octanol–water partition coefficient (Wildman–Crippen LogP) is 5.78. The summed E-state index contributed by atoms with van der Waals surface area (Å²) in [6, 6.07) is 12.5. The first-order valence-electron chi connectivity index (χ1n) is 11.3. The minimum absolute atomic E-state index is 0.00485. The number of sulfonamides is 1.